The molecule has 2 heterocycles. The highest BCUT2D eigenvalue weighted by atomic mass is 32.2. The van der Waals surface area contributed by atoms with Gasteiger partial charge in [-0.2, -0.15) is 0 Å². The predicted molar refractivity (Wildman–Crippen MR) is 181 cm³/mol. The third-order valence-corrected chi connectivity index (χ3v) is 7.72. The van der Waals surface area contributed by atoms with E-state index in [1.807, 2.05) is 12.3 Å². The molecule has 0 aromatic heterocycles. The van der Waals surface area contributed by atoms with Crippen LogP contribution in [-0.2, 0) is 0 Å². The highest BCUT2D eigenvalue weighted by molar-refractivity contribution is 7.97. The monoisotopic (exact) mass is 571 g/mol. The average molecular weight is 572 g/mol. The summed E-state index contributed by atoms with van der Waals surface area (Å²) in [7, 11) is 0. The van der Waals surface area contributed by atoms with Crippen molar-refractivity contribution < 1.29 is 0 Å². The van der Waals surface area contributed by atoms with E-state index in [9.17, 15) is 0 Å². The highest BCUT2D eigenvalue weighted by Crippen LogP contribution is 2.32. The maximum absolute atomic E-state index is 5.90. The first-order valence-corrected chi connectivity index (χ1v) is 15.8. The van der Waals surface area contributed by atoms with Crippen molar-refractivity contribution in [1.29, 1.82) is 0 Å². The van der Waals surface area contributed by atoms with Crippen LogP contribution in [0.25, 0.3) is 0 Å². The summed E-state index contributed by atoms with van der Waals surface area (Å²) in [5, 5.41) is 20.0. The summed E-state index contributed by atoms with van der Waals surface area (Å²) in [6.45, 7) is 19.4. The van der Waals surface area contributed by atoms with Crippen LogP contribution >= 0.6 is 11.9 Å². The summed E-state index contributed by atoms with van der Waals surface area (Å²) in [5.41, 5.74) is 11.3. The second-order valence-corrected chi connectivity index (χ2v) is 11.5. The fourth-order valence-electron chi connectivity index (χ4n) is 5.30. The quantitative estimate of drug-likeness (QED) is 0.204. The first kappa shape index (κ1) is 32.3. The van der Waals surface area contributed by atoms with Crippen LogP contribution in [0.1, 0.15) is 76.0 Å². The lowest BCUT2D eigenvalue weighted by molar-refractivity contribution is 0.459. The normalized spacial score (nSPS) is 18.4. The molecule has 0 spiro atoms. The van der Waals surface area contributed by atoms with Gasteiger partial charge in [0.15, 0.2) is 0 Å². The maximum Gasteiger partial charge on any atom is 0.0538 e. The molecule has 0 radical (unpaired) electrons. The van der Waals surface area contributed by atoms with E-state index >= 15 is 0 Å². The molecule has 0 saturated carbocycles. The first-order chi connectivity index (χ1) is 19.8. The minimum atomic E-state index is 0.649. The Kier molecular flexibility index (Phi) is 12.9. The number of nitrogens with two attached hydrogens (primary N) is 1. The number of hydrogen-bond donors (Lipinski definition) is 5. The van der Waals surface area contributed by atoms with Gasteiger partial charge in [-0.05, 0) is 130 Å². The van der Waals surface area contributed by atoms with Crippen molar-refractivity contribution in [3.8, 4) is 0 Å². The lowest BCUT2D eigenvalue weighted by Gasteiger charge is -2.25. The molecule has 2 aromatic rings. The van der Waals surface area contributed by atoms with Gasteiger partial charge < -0.3 is 21.3 Å². The van der Waals surface area contributed by atoms with Crippen molar-refractivity contribution in [2.75, 3.05) is 23.7 Å². The molecule has 4 rings (SSSR count). The van der Waals surface area contributed by atoms with E-state index in [1.165, 1.54) is 47.9 Å². The number of benzene rings is 2. The van der Waals surface area contributed by atoms with E-state index in [4.69, 9.17) is 5.14 Å². The minimum Gasteiger partial charge on any atom is -0.361 e. The minimum absolute atomic E-state index is 0.649. The number of anilines is 2. The van der Waals surface area contributed by atoms with Gasteiger partial charge in [-0.15, -0.1) is 0 Å². The second-order valence-electron chi connectivity index (χ2n) is 10.8. The molecule has 0 amide bonds. The predicted octanol–water partition coefficient (Wildman–Crippen LogP) is 8.80. The smallest absolute Gasteiger partial charge is 0.0538 e. The van der Waals surface area contributed by atoms with E-state index in [0.29, 0.717) is 5.92 Å². The number of allylic oxidation sites excluding steroid dienone is 5. The molecule has 0 atom stereocenters. The summed E-state index contributed by atoms with van der Waals surface area (Å²) in [6.07, 6.45) is 13.0. The van der Waals surface area contributed by atoms with Crippen LogP contribution in [0.3, 0.4) is 0 Å². The summed E-state index contributed by atoms with van der Waals surface area (Å²) in [6, 6.07) is 13.0. The lowest BCUT2D eigenvalue weighted by Crippen LogP contribution is -2.26. The molecular weight excluding hydrogens is 522 g/mol. The maximum atomic E-state index is 5.90. The molecule has 6 heteroatoms. The number of rotatable bonds is 8. The van der Waals surface area contributed by atoms with E-state index < -0.39 is 0 Å². The third-order valence-electron chi connectivity index (χ3n) is 7.11. The second kappa shape index (κ2) is 16.3. The zero-order chi connectivity index (χ0) is 29.8. The Hall–Kier alpha value is -3.19. The zero-order valence-electron chi connectivity index (χ0n) is 25.8. The van der Waals surface area contributed by atoms with Crippen LogP contribution in [0.4, 0.5) is 11.4 Å². The first-order valence-electron chi connectivity index (χ1n) is 14.9. The molecule has 41 heavy (non-hydrogen) atoms. The SMILES string of the molecule is C=C(/C=C1/C=CNC(=C/CC)/C1=C(/C)Nc1ccc(C2CCNCC2)c(C)c1)Nc1cc(C)ccc1SN.CCC. The van der Waals surface area contributed by atoms with Crippen molar-refractivity contribution in [3.05, 3.63) is 112 Å². The lowest BCUT2D eigenvalue weighted by atomic mass is 9.87. The molecule has 0 unspecified atom stereocenters. The van der Waals surface area contributed by atoms with Crippen LogP contribution in [0.5, 0.6) is 0 Å². The summed E-state index contributed by atoms with van der Waals surface area (Å²) in [5.74, 6) is 0.649. The third kappa shape index (κ3) is 9.15. The van der Waals surface area contributed by atoms with E-state index in [0.717, 1.165) is 64.0 Å². The summed E-state index contributed by atoms with van der Waals surface area (Å²) >= 11 is 1.24. The van der Waals surface area contributed by atoms with Crippen molar-refractivity contribution in [2.24, 2.45) is 5.14 Å². The van der Waals surface area contributed by atoms with Gasteiger partial charge >= 0.3 is 0 Å². The van der Waals surface area contributed by atoms with Crippen molar-refractivity contribution >= 4 is 23.3 Å². The van der Waals surface area contributed by atoms with Gasteiger partial charge in [-0.25, -0.2) is 0 Å². The highest BCUT2D eigenvalue weighted by Gasteiger charge is 2.19. The molecule has 5 nitrogen and oxygen atoms in total. The van der Waals surface area contributed by atoms with Crippen LogP contribution in [0.2, 0.25) is 0 Å². The largest absolute Gasteiger partial charge is 0.361 e. The van der Waals surface area contributed by atoms with Gasteiger partial charge in [-0.1, -0.05) is 52.0 Å². The summed E-state index contributed by atoms with van der Waals surface area (Å²) < 4.78 is 0. The Labute approximate surface area is 252 Å². The standard InChI is InChI=1S/C32H41N5S.C3H8/c1-6-7-29-32(24(5)37-27-9-10-28(22(3)19-27)25-12-15-34-16-13-25)26(14-17-35-29)20-23(4)36-30-18-21(2)8-11-31(30)38-33;1-3-2/h7-11,14,17-20,25,34-37H,4,6,12-13,15-16,33H2,1-3,5H3;3H2,1-2H3/b26-20-,29-7+,32-24-;. The van der Waals surface area contributed by atoms with Crippen LogP contribution in [-0.4, -0.2) is 13.1 Å². The van der Waals surface area contributed by atoms with Crippen molar-refractivity contribution in [2.45, 2.75) is 78.0 Å². The molecule has 2 aliphatic heterocycles. The molecule has 2 aromatic carbocycles. The Bertz CT molecular complexity index is 1310. The number of hydrogen-bond acceptors (Lipinski definition) is 6. The van der Waals surface area contributed by atoms with Crippen LogP contribution in [0, 0.1) is 13.8 Å². The number of piperidine rings is 1. The molecule has 0 aliphatic carbocycles. The van der Waals surface area contributed by atoms with E-state index in [1.54, 1.807) is 0 Å². The van der Waals surface area contributed by atoms with Gasteiger partial charge in [0.25, 0.3) is 0 Å². The zero-order valence-corrected chi connectivity index (χ0v) is 26.6. The molecule has 0 bridgehead atoms. The molecule has 2 aliphatic rings. The Morgan fingerprint density at radius 3 is 2.46 bits per heavy atom. The number of nitrogens with one attached hydrogen (secondary N) is 4. The van der Waals surface area contributed by atoms with Gasteiger partial charge in [-0.3, -0.25) is 5.14 Å². The fourth-order valence-corrected chi connectivity index (χ4v) is 5.68. The molecule has 1 saturated heterocycles. The Morgan fingerprint density at radius 1 is 1.07 bits per heavy atom. The van der Waals surface area contributed by atoms with Crippen molar-refractivity contribution in [1.82, 2.24) is 10.6 Å². The Balaban J connectivity index is 0.00000147. The van der Waals surface area contributed by atoms with Crippen LogP contribution in [0.15, 0.2) is 101 Å². The fraction of sp³-hybridized carbons (Fsp3) is 0.371. The Morgan fingerprint density at radius 2 is 1.80 bits per heavy atom. The molecule has 6 N–H and O–H groups in total. The van der Waals surface area contributed by atoms with E-state index in [-0.39, 0.29) is 0 Å². The topological polar surface area (TPSA) is 74.1 Å². The molecule has 220 valence electrons. The number of aryl methyl sites for hydroxylation is 2. The van der Waals surface area contributed by atoms with Gasteiger partial charge in [0.05, 0.1) is 5.69 Å². The van der Waals surface area contributed by atoms with E-state index in [2.05, 4.69) is 118 Å². The van der Waals surface area contributed by atoms with Gasteiger partial charge in [0.2, 0.25) is 0 Å². The van der Waals surface area contributed by atoms with Crippen LogP contribution < -0.4 is 26.4 Å². The average Bonchev–Trinajstić information content (AvgIpc) is 2.94. The molecular formula is C35H49N5S. The van der Waals surface area contributed by atoms with Gasteiger partial charge in [0, 0.05) is 39.4 Å². The molecule has 1 fully saturated rings. The van der Waals surface area contributed by atoms with Crippen molar-refractivity contribution in [3.63, 3.8) is 0 Å². The van der Waals surface area contributed by atoms with Gasteiger partial charge in [0.1, 0.15) is 0 Å². The summed E-state index contributed by atoms with van der Waals surface area (Å²) in [4.78, 5) is 0.986.